The second-order valence-corrected chi connectivity index (χ2v) is 5.36. The summed E-state index contributed by atoms with van der Waals surface area (Å²) in [5.41, 5.74) is 3.85. The molecule has 0 saturated carbocycles. The maximum atomic E-state index is 5.81. The highest BCUT2D eigenvalue weighted by Crippen LogP contribution is 2.36. The molecule has 0 aromatic carbocycles. The Morgan fingerprint density at radius 2 is 1.80 bits per heavy atom. The van der Waals surface area contributed by atoms with Crippen LogP contribution in [0.1, 0.15) is 54.0 Å². The molecule has 2 aromatic heterocycles. The summed E-state index contributed by atoms with van der Waals surface area (Å²) < 4.78 is 5.81. The van der Waals surface area contributed by atoms with Gasteiger partial charge in [-0.05, 0) is 50.6 Å². The predicted molar refractivity (Wildman–Crippen MR) is 82.0 cm³/mol. The first-order valence-corrected chi connectivity index (χ1v) is 7.26. The van der Waals surface area contributed by atoms with Crippen LogP contribution >= 0.6 is 0 Å². The number of hydrogen-bond donors (Lipinski definition) is 1. The quantitative estimate of drug-likeness (QED) is 0.892. The molecule has 2 unspecified atom stereocenters. The van der Waals surface area contributed by atoms with Crippen LogP contribution in [-0.4, -0.2) is 11.5 Å². The van der Waals surface area contributed by atoms with Crippen LogP contribution in [0.2, 0.25) is 0 Å². The summed E-state index contributed by atoms with van der Waals surface area (Å²) in [6.45, 7) is 11.6. The summed E-state index contributed by atoms with van der Waals surface area (Å²) in [5, 5.41) is 3.61. The zero-order valence-corrected chi connectivity index (χ0v) is 13.0. The van der Waals surface area contributed by atoms with Gasteiger partial charge < -0.3 is 9.73 Å². The second kappa shape index (κ2) is 6.23. The molecule has 0 amide bonds. The number of rotatable bonds is 5. The third-order valence-electron chi connectivity index (χ3n) is 4.08. The van der Waals surface area contributed by atoms with Crippen LogP contribution in [0.3, 0.4) is 0 Å². The van der Waals surface area contributed by atoms with Crippen molar-refractivity contribution < 1.29 is 4.42 Å². The Labute approximate surface area is 121 Å². The molecule has 3 heteroatoms. The van der Waals surface area contributed by atoms with E-state index in [1.165, 1.54) is 16.7 Å². The lowest BCUT2D eigenvalue weighted by molar-refractivity contribution is 0.455. The van der Waals surface area contributed by atoms with Crippen LogP contribution in [0.15, 0.2) is 28.9 Å². The van der Waals surface area contributed by atoms with E-state index >= 15 is 0 Å². The minimum absolute atomic E-state index is 0.264. The van der Waals surface area contributed by atoms with Crippen LogP contribution in [-0.2, 0) is 0 Å². The van der Waals surface area contributed by atoms with Crippen molar-refractivity contribution in [3.63, 3.8) is 0 Å². The number of aryl methyl sites for hydroxylation is 2. The SMILES string of the molecule is CCNC(c1c(C)oc(C)c1C)C(C)c1ccncc1. The molecule has 2 atom stereocenters. The zero-order valence-electron chi connectivity index (χ0n) is 13.0. The third kappa shape index (κ3) is 2.78. The van der Waals surface area contributed by atoms with Crippen LogP contribution < -0.4 is 5.32 Å². The molecule has 2 aromatic rings. The monoisotopic (exact) mass is 272 g/mol. The zero-order chi connectivity index (χ0) is 14.7. The number of aromatic nitrogens is 1. The Morgan fingerprint density at radius 3 is 2.30 bits per heavy atom. The standard InChI is InChI=1S/C17H24N2O/c1-6-19-17(12(3)15-7-9-18-10-8-15)16-11(2)13(4)20-14(16)5/h7-10,12,17,19H,6H2,1-5H3. The smallest absolute Gasteiger partial charge is 0.106 e. The summed E-state index contributed by atoms with van der Waals surface area (Å²) in [5.74, 6) is 2.40. The normalized spacial score (nSPS) is 14.2. The van der Waals surface area contributed by atoms with Gasteiger partial charge in [0.2, 0.25) is 0 Å². The Hall–Kier alpha value is -1.61. The molecular formula is C17H24N2O. The minimum atomic E-state index is 0.264. The van der Waals surface area contributed by atoms with Gasteiger partial charge in [0.1, 0.15) is 11.5 Å². The van der Waals surface area contributed by atoms with E-state index in [2.05, 4.69) is 50.1 Å². The molecular weight excluding hydrogens is 248 g/mol. The number of nitrogens with one attached hydrogen (secondary N) is 1. The van der Waals surface area contributed by atoms with Crippen molar-refractivity contribution >= 4 is 0 Å². The highest BCUT2D eigenvalue weighted by atomic mass is 16.3. The van der Waals surface area contributed by atoms with E-state index < -0.39 is 0 Å². The van der Waals surface area contributed by atoms with Crippen LogP contribution in [0, 0.1) is 20.8 Å². The van der Waals surface area contributed by atoms with Gasteiger partial charge in [-0.25, -0.2) is 0 Å². The summed E-state index contributed by atoms with van der Waals surface area (Å²) in [7, 11) is 0. The topological polar surface area (TPSA) is 38.1 Å². The van der Waals surface area contributed by atoms with Gasteiger partial charge in [0.05, 0.1) is 0 Å². The van der Waals surface area contributed by atoms with Crippen LogP contribution in [0.5, 0.6) is 0 Å². The first-order chi connectivity index (χ1) is 9.56. The molecule has 0 aliphatic rings. The molecule has 0 saturated heterocycles. The van der Waals surface area contributed by atoms with Gasteiger partial charge in [0.15, 0.2) is 0 Å². The van der Waals surface area contributed by atoms with Gasteiger partial charge in [-0.1, -0.05) is 13.8 Å². The van der Waals surface area contributed by atoms with E-state index in [-0.39, 0.29) is 6.04 Å². The third-order valence-corrected chi connectivity index (χ3v) is 4.08. The number of nitrogens with zero attached hydrogens (tertiary/aromatic N) is 1. The fourth-order valence-electron chi connectivity index (χ4n) is 2.88. The molecule has 3 nitrogen and oxygen atoms in total. The molecule has 0 bridgehead atoms. The Balaban J connectivity index is 2.41. The van der Waals surface area contributed by atoms with Crippen LogP contribution in [0.25, 0.3) is 0 Å². The lowest BCUT2D eigenvalue weighted by Gasteiger charge is -2.26. The highest BCUT2D eigenvalue weighted by molar-refractivity contribution is 5.37. The lowest BCUT2D eigenvalue weighted by Crippen LogP contribution is -2.26. The van der Waals surface area contributed by atoms with E-state index in [0.29, 0.717) is 5.92 Å². The molecule has 0 aliphatic carbocycles. The van der Waals surface area contributed by atoms with E-state index in [0.717, 1.165) is 18.1 Å². The second-order valence-electron chi connectivity index (χ2n) is 5.36. The minimum Gasteiger partial charge on any atom is -0.466 e. The van der Waals surface area contributed by atoms with Gasteiger partial charge in [0.25, 0.3) is 0 Å². The molecule has 2 heterocycles. The number of likely N-dealkylation sites (N-methyl/N-ethyl adjacent to an activating group) is 1. The largest absolute Gasteiger partial charge is 0.466 e. The van der Waals surface area contributed by atoms with Crippen molar-refractivity contribution in [3.8, 4) is 0 Å². The average Bonchev–Trinajstić information content (AvgIpc) is 2.70. The Kier molecular flexibility index (Phi) is 4.61. The van der Waals surface area contributed by atoms with E-state index in [1.54, 1.807) is 0 Å². The van der Waals surface area contributed by atoms with Crippen molar-refractivity contribution in [3.05, 3.63) is 52.7 Å². The molecule has 2 rings (SSSR count). The fraction of sp³-hybridized carbons (Fsp3) is 0.471. The number of furan rings is 1. The maximum absolute atomic E-state index is 5.81. The van der Waals surface area contributed by atoms with Crippen molar-refractivity contribution in [2.75, 3.05) is 6.54 Å². The van der Waals surface area contributed by atoms with Crippen molar-refractivity contribution in [2.24, 2.45) is 0 Å². The summed E-state index contributed by atoms with van der Waals surface area (Å²) in [4.78, 5) is 4.11. The van der Waals surface area contributed by atoms with Gasteiger partial charge >= 0.3 is 0 Å². The highest BCUT2D eigenvalue weighted by Gasteiger charge is 2.26. The first kappa shape index (κ1) is 14.8. The maximum Gasteiger partial charge on any atom is 0.106 e. The molecule has 0 radical (unpaired) electrons. The van der Waals surface area contributed by atoms with E-state index in [4.69, 9.17) is 4.42 Å². The molecule has 1 N–H and O–H groups in total. The van der Waals surface area contributed by atoms with Crippen LogP contribution in [0.4, 0.5) is 0 Å². The van der Waals surface area contributed by atoms with Gasteiger partial charge in [-0.2, -0.15) is 0 Å². The van der Waals surface area contributed by atoms with Crippen molar-refractivity contribution in [2.45, 2.75) is 46.6 Å². The molecule has 20 heavy (non-hydrogen) atoms. The number of hydrogen-bond acceptors (Lipinski definition) is 3. The summed E-state index contributed by atoms with van der Waals surface area (Å²) >= 11 is 0. The average molecular weight is 272 g/mol. The van der Waals surface area contributed by atoms with Gasteiger partial charge in [-0.15, -0.1) is 0 Å². The lowest BCUT2D eigenvalue weighted by atomic mass is 9.87. The first-order valence-electron chi connectivity index (χ1n) is 7.26. The van der Waals surface area contributed by atoms with E-state index in [9.17, 15) is 0 Å². The molecule has 0 spiro atoms. The predicted octanol–water partition coefficient (Wildman–Crippen LogP) is 4.05. The van der Waals surface area contributed by atoms with E-state index in [1.807, 2.05) is 19.3 Å². The fourth-order valence-corrected chi connectivity index (χ4v) is 2.88. The summed E-state index contributed by atoms with van der Waals surface area (Å²) in [6, 6.07) is 4.44. The Bertz CT molecular complexity index is 560. The van der Waals surface area contributed by atoms with Crippen molar-refractivity contribution in [1.29, 1.82) is 0 Å². The number of pyridine rings is 1. The Morgan fingerprint density at radius 1 is 1.15 bits per heavy atom. The van der Waals surface area contributed by atoms with Gasteiger partial charge in [0, 0.05) is 29.9 Å². The molecule has 0 fully saturated rings. The molecule has 0 aliphatic heterocycles. The molecule has 108 valence electrons. The van der Waals surface area contributed by atoms with Gasteiger partial charge in [-0.3, -0.25) is 4.98 Å². The van der Waals surface area contributed by atoms with Crippen molar-refractivity contribution in [1.82, 2.24) is 10.3 Å². The summed E-state index contributed by atoms with van der Waals surface area (Å²) in [6.07, 6.45) is 3.71.